The molecule has 2 aliphatic rings. The van der Waals surface area contributed by atoms with Crippen LogP contribution in [0.2, 0.25) is 0 Å². The van der Waals surface area contributed by atoms with Crippen molar-refractivity contribution in [2.45, 2.75) is 25.8 Å². The minimum Gasteiger partial charge on any atom is -0.338 e. The van der Waals surface area contributed by atoms with Crippen LogP contribution in [0.5, 0.6) is 0 Å². The molecule has 2 heterocycles. The Bertz CT molecular complexity index is 871. The average Bonchev–Trinajstić information content (AvgIpc) is 2.90. The molecule has 26 heavy (non-hydrogen) atoms. The Morgan fingerprint density at radius 1 is 1.00 bits per heavy atom. The Hall–Kier alpha value is -2.95. The van der Waals surface area contributed by atoms with Gasteiger partial charge in [-0.05, 0) is 29.2 Å². The first-order valence-corrected chi connectivity index (χ1v) is 8.87. The second kappa shape index (κ2) is 6.41. The lowest BCUT2D eigenvalue weighted by molar-refractivity contribution is -0.132. The van der Waals surface area contributed by atoms with E-state index in [1.807, 2.05) is 17.0 Å². The van der Waals surface area contributed by atoms with E-state index in [4.69, 9.17) is 0 Å². The highest BCUT2D eigenvalue weighted by atomic mass is 16.2. The molecule has 5 heteroatoms. The Morgan fingerprint density at radius 2 is 1.62 bits per heavy atom. The molecule has 0 aliphatic carbocycles. The highest BCUT2D eigenvalue weighted by Crippen LogP contribution is 2.28. The van der Waals surface area contributed by atoms with Crippen molar-refractivity contribution in [3.05, 3.63) is 70.8 Å². The van der Waals surface area contributed by atoms with E-state index in [9.17, 15) is 14.4 Å². The van der Waals surface area contributed by atoms with Gasteiger partial charge in [0, 0.05) is 26.1 Å². The van der Waals surface area contributed by atoms with Gasteiger partial charge in [0.2, 0.25) is 5.91 Å². The van der Waals surface area contributed by atoms with Crippen molar-refractivity contribution in [1.29, 1.82) is 0 Å². The first kappa shape index (κ1) is 16.5. The van der Waals surface area contributed by atoms with Crippen LogP contribution in [0.1, 0.15) is 51.1 Å². The van der Waals surface area contributed by atoms with Crippen LogP contribution in [0.3, 0.4) is 0 Å². The van der Waals surface area contributed by atoms with Gasteiger partial charge in [-0.25, -0.2) is 0 Å². The van der Waals surface area contributed by atoms with E-state index in [1.165, 1.54) is 16.0 Å². The van der Waals surface area contributed by atoms with Gasteiger partial charge in [-0.1, -0.05) is 43.3 Å². The maximum atomic E-state index is 12.7. The van der Waals surface area contributed by atoms with Crippen LogP contribution in [0, 0.1) is 0 Å². The molecule has 2 aliphatic heterocycles. The molecular weight excluding hydrogens is 328 g/mol. The number of benzene rings is 2. The van der Waals surface area contributed by atoms with Crippen molar-refractivity contribution < 1.29 is 14.4 Å². The number of hydrogen-bond donors (Lipinski definition) is 0. The Labute approximate surface area is 152 Å². The summed E-state index contributed by atoms with van der Waals surface area (Å²) in [4.78, 5) is 40.5. The lowest BCUT2D eigenvalue weighted by atomic mass is 9.91. The predicted molar refractivity (Wildman–Crippen MR) is 96.7 cm³/mol. The summed E-state index contributed by atoms with van der Waals surface area (Å²) in [5.74, 6) is -0.363. The molecule has 4 rings (SSSR count). The zero-order chi connectivity index (χ0) is 18.3. The highest BCUT2D eigenvalue weighted by molar-refractivity contribution is 6.21. The summed E-state index contributed by atoms with van der Waals surface area (Å²) in [6, 6.07) is 15.0. The number of hydrogen-bond acceptors (Lipinski definition) is 3. The zero-order valence-corrected chi connectivity index (χ0v) is 14.6. The normalized spacial score (nSPS) is 18.7. The van der Waals surface area contributed by atoms with Crippen LogP contribution < -0.4 is 0 Å². The van der Waals surface area contributed by atoms with Crippen molar-refractivity contribution in [1.82, 2.24) is 9.80 Å². The fourth-order valence-electron chi connectivity index (χ4n) is 3.86. The van der Waals surface area contributed by atoms with Crippen LogP contribution in [0.15, 0.2) is 48.5 Å². The second-order valence-corrected chi connectivity index (χ2v) is 6.93. The van der Waals surface area contributed by atoms with Crippen LogP contribution in [-0.4, -0.2) is 40.6 Å². The van der Waals surface area contributed by atoms with Gasteiger partial charge >= 0.3 is 0 Å². The van der Waals surface area contributed by atoms with Gasteiger partial charge in [-0.15, -0.1) is 0 Å². The monoisotopic (exact) mass is 348 g/mol. The zero-order valence-electron chi connectivity index (χ0n) is 14.6. The van der Waals surface area contributed by atoms with E-state index in [2.05, 4.69) is 19.1 Å². The van der Waals surface area contributed by atoms with Crippen LogP contribution in [0.4, 0.5) is 0 Å². The molecule has 0 bridgehead atoms. The number of imide groups is 1. The van der Waals surface area contributed by atoms with Crippen LogP contribution >= 0.6 is 0 Å². The summed E-state index contributed by atoms with van der Waals surface area (Å²) in [5.41, 5.74) is 3.30. The molecule has 0 saturated heterocycles. The summed E-state index contributed by atoms with van der Waals surface area (Å²) in [5, 5.41) is 0. The Balaban J connectivity index is 1.43. The standard InChI is InChI=1S/C21H20N2O3/c1-14-12-22(13-15-6-2-3-7-16(14)15)19(24)10-11-23-20(25)17-8-4-5-9-18(17)21(23)26/h2-9,14H,10-13H2,1H3. The molecular formula is C21H20N2O3. The third-order valence-electron chi connectivity index (χ3n) is 5.22. The molecule has 2 aromatic carbocycles. The molecule has 0 fully saturated rings. The largest absolute Gasteiger partial charge is 0.338 e. The topological polar surface area (TPSA) is 57.7 Å². The lowest BCUT2D eigenvalue weighted by Gasteiger charge is -2.33. The van der Waals surface area contributed by atoms with E-state index in [-0.39, 0.29) is 36.6 Å². The maximum Gasteiger partial charge on any atom is 0.261 e. The minimum atomic E-state index is -0.309. The second-order valence-electron chi connectivity index (χ2n) is 6.93. The predicted octanol–water partition coefficient (Wildman–Crippen LogP) is 2.82. The quantitative estimate of drug-likeness (QED) is 0.802. The number of fused-ring (bicyclic) bond motifs is 2. The van der Waals surface area contributed by atoms with Crippen molar-refractivity contribution in [2.75, 3.05) is 13.1 Å². The van der Waals surface area contributed by atoms with Gasteiger partial charge in [-0.2, -0.15) is 0 Å². The van der Waals surface area contributed by atoms with Gasteiger partial charge in [0.05, 0.1) is 11.1 Å². The third-order valence-corrected chi connectivity index (χ3v) is 5.22. The summed E-state index contributed by atoms with van der Waals surface area (Å²) in [6.07, 6.45) is 0.153. The molecule has 2 aromatic rings. The molecule has 0 spiro atoms. The average molecular weight is 348 g/mol. The van der Waals surface area contributed by atoms with Crippen molar-refractivity contribution >= 4 is 17.7 Å². The van der Waals surface area contributed by atoms with Crippen molar-refractivity contribution in [3.63, 3.8) is 0 Å². The van der Waals surface area contributed by atoms with E-state index in [0.29, 0.717) is 24.2 Å². The molecule has 0 saturated carbocycles. The molecule has 132 valence electrons. The molecule has 5 nitrogen and oxygen atoms in total. The molecule has 1 atom stereocenters. The smallest absolute Gasteiger partial charge is 0.261 e. The van der Waals surface area contributed by atoms with Gasteiger partial charge < -0.3 is 4.90 Å². The number of rotatable bonds is 3. The number of carbonyl (C=O) groups excluding carboxylic acids is 3. The molecule has 3 amide bonds. The van der Waals surface area contributed by atoms with E-state index >= 15 is 0 Å². The van der Waals surface area contributed by atoms with Crippen molar-refractivity contribution in [3.8, 4) is 0 Å². The minimum absolute atomic E-state index is 0.0251. The summed E-state index contributed by atoms with van der Waals surface area (Å²) in [7, 11) is 0. The molecule has 1 unspecified atom stereocenters. The molecule has 0 radical (unpaired) electrons. The van der Waals surface area contributed by atoms with E-state index in [0.717, 1.165) is 0 Å². The maximum absolute atomic E-state index is 12.7. The lowest BCUT2D eigenvalue weighted by Crippen LogP contribution is -2.40. The van der Waals surface area contributed by atoms with Crippen molar-refractivity contribution in [2.24, 2.45) is 0 Å². The highest BCUT2D eigenvalue weighted by Gasteiger charge is 2.35. The fourth-order valence-corrected chi connectivity index (χ4v) is 3.86. The van der Waals surface area contributed by atoms with E-state index < -0.39 is 0 Å². The van der Waals surface area contributed by atoms with Gasteiger partial charge in [-0.3, -0.25) is 19.3 Å². The molecule has 0 N–H and O–H groups in total. The SMILES string of the molecule is CC1CN(C(=O)CCN2C(=O)c3ccccc3C2=O)Cc2ccccc21. The summed E-state index contributed by atoms with van der Waals surface area (Å²) in [6.45, 7) is 3.49. The van der Waals surface area contributed by atoms with E-state index in [1.54, 1.807) is 24.3 Å². The van der Waals surface area contributed by atoms with Gasteiger partial charge in [0.1, 0.15) is 0 Å². The molecule has 0 aromatic heterocycles. The third kappa shape index (κ3) is 2.69. The summed E-state index contributed by atoms with van der Waals surface area (Å²) >= 11 is 0. The van der Waals surface area contributed by atoms with Crippen LogP contribution in [-0.2, 0) is 11.3 Å². The Kier molecular flexibility index (Phi) is 4.07. The van der Waals surface area contributed by atoms with Crippen LogP contribution in [0.25, 0.3) is 0 Å². The first-order valence-electron chi connectivity index (χ1n) is 8.87. The first-order chi connectivity index (χ1) is 12.6. The summed E-state index contributed by atoms with van der Waals surface area (Å²) < 4.78 is 0. The Morgan fingerprint density at radius 3 is 2.31 bits per heavy atom. The fraction of sp³-hybridized carbons (Fsp3) is 0.286. The number of nitrogens with zero attached hydrogens (tertiary/aromatic N) is 2. The van der Waals surface area contributed by atoms with Gasteiger partial charge in [0.25, 0.3) is 11.8 Å². The van der Waals surface area contributed by atoms with Gasteiger partial charge in [0.15, 0.2) is 0 Å². The number of amides is 3. The number of carbonyl (C=O) groups is 3.